The molecule has 0 radical (unpaired) electrons. The first-order valence-electron chi connectivity index (χ1n) is 8.00. The van der Waals surface area contributed by atoms with E-state index >= 15 is 0 Å². The first-order chi connectivity index (χ1) is 11.0. The average Bonchev–Trinajstić information content (AvgIpc) is 2.90. The van der Waals surface area contributed by atoms with Crippen molar-refractivity contribution in [2.75, 3.05) is 11.9 Å². The molecule has 1 aromatic heterocycles. The van der Waals surface area contributed by atoms with Crippen molar-refractivity contribution in [1.29, 1.82) is 0 Å². The van der Waals surface area contributed by atoms with Gasteiger partial charge in [0.1, 0.15) is 5.75 Å². The fraction of sp³-hybridized carbons (Fsp3) is 0.444. The molecule has 0 spiro atoms. The lowest BCUT2D eigenvalue weighted by molar-refractivity contribution is -0.118. The molecule has 0 bridgehead atoms. The highest BCUT2D eigenvalue weighted by molar-refractivity contribution is 7.15. The zero-order valence-corrected chi connectivity index (χ0v) is 14.6. The molecule has 1 aliphatic rings. The molecule has 0 fully saturated rings. The van der Waals surface area contributed by atoms with E-state index in [4.69, 9.17) is 4.74 Å². The monoisotopic (exact) mass is 330 g/mol. The van der Waals surface area contributed by atoms with Crippen molar-refractivity contribution in [3.8, 4) is 5.75 Å². The second-order valence-electron chi connectivity index (χ2n) is 6.27. The van der Waals surface area contributed by atoms with E-state index in [0.29, 0.717) is 11.0 Å². The number of ether oxygens (including phenoxy) is 1. The van der Waals surface area contributed by atoms with Crippen molar-refractivity contribution in [3.05, 3.63) is 39.9 Å². The molecule has 23 heavy (non-hydrogen) atoms. The van der Waals surface area contributed by atoms with Gasteiger partial charge in [0, 0.05) is 4.88 Å². The fourth-order valence-electron chi connectivity index (χ4n) is 2.77. The summed E-state index contributed by atoms with van der Waals surface area (Å²) in [5, 5.41) is 3.55. The minimum atomic E-state index is -0.162. The number of nitrogens with one attached hydrogen (secondary N) is 1. The number of nitrogens with zero attached hydrogens (tertiary/aromatic N) is 1. The highest BCUT2D eigenvalue weighted by Crippen LogP contribution is 2.32. The number of aryl methyl sites for hydroxylation is 2. The second kappa shape index (κ2) is 6.71. The topological polar surface area (TPSA) is 51.2 Å². The lowest BCUT2D eigenvalue weighted by atomic mass is 9.93. The van der Waals surface area contributed by atoms with Gasteiger partial charge in [-0.3, -0.25) is 10.1 Å². The summed E-state index contributed by atoms with van der Waals surface area (Å²) in [5.74, 6) is 1.30. The van der Waals surface area contributed by atoms with Crippen molar-refractivity contribution in [2.24, 2.45) is 5.92 Å². The number of hydrogen-bond donors (Lipinski definition) is 1. The zero-order valence-electron chi connectivity index (χ0n) is 13.8. The number of carbonyl (C=O) groups excluding carboxylic acids is 1. The van der Waals surface area contributed by atoms with Gasteiger partial charge in [0.15, 0.2) is 11.7 Å². The van der Waals surface area contributed by atoms with Crippen molar-refractivity contribution < 1.29 is 9.53 Å². The third-order valence-electron chi connectivity index (χ3n) is 4.35. The summed E-state index contributed by atoms with van der Waals surface area (Å²) >= 11 is 1.60. The van der Waals surface area contributed by atoms with Gasteiger partial charge in [-0.05, 0) is 56.2 Å². The predicted molar refractivity (Wildman–Crippen MR) is 93.3 cm³/mol. The predicted octanol–water partition coefficient (Wildman–Crippen LogP) is 3.90. The van der Waals surface area contributed by atoms with Gasteiger partial charge >= 0.3 is 0 Å². The molecule has 1 N–H and O–H groups in total. The number of carbonyl (C=O) groups is 1. The molecule has 1 heterocycles. The molecule has 1 aromatic carbocycles. The molecule has 0 saturated carbocycles. The van der Waals surface area contributed by atoms with Crippen LogP contribution in [0.3, 0.4) is 0 Å². The van der Waals surface area contributed by atoms with E-state index in [1.54, 1.807) is 11.3 Å². The van der Waals surface area contributed by atoms with Crippen LogP contribution >= 0.6 is 11.3 Å². The second-order valence-corrected chi connectivity index (χ2v) is 7.36. The summed E-state index contributed by atoms with van der Waals surface area (Å²) in [7, 11) is 0. The van der Waals surface area contributed by atoms with E-state index in [-0.39, 0.29) is 12.5 Å². The van der Waals surface area contributed by atoms with Gasteiger partial charge in [0.2, 0.25) is 0 Å². The Morgan fingerprint density at radius 2 is 2.26 bits per heavy atom. The van der Waals surface area contributed by atoms with Crippen LogP contribution in [0.15, 0.2) is 18.2 Å². The smallest absolute Gasteiger partial charge is 0.264 e. The standard InChI is InChI=1S/C18H22N2O2S/c1-11-7-8-14-16(9-11)23-18(19-14)20-17(21)10-22-15-6-4-5-12(2)13(15)3/h4-6,11H,7-10H2,1-3H3,(H,19,20,21)/t11-/m0/s1. The Bertz CT molecular complexity index is 724. The molecule has 0 saturated heterocycles. The first kappa shape index (κ1) is 16.0. The molecule has 0 aliphatic heterocycles. The highest BCUT2D eigenvalue weighted by atomic mass is 32.1. The van der Waals surface area contributed by atoms with Gasteiger partial charge in [-0.15, -0.1) is 11.3 Å². The lowest BCUT2D eigenvalue weighted by Gasteiger charge is -2.15. The van der Waals surface area contributed by atoms with Crippen molar-refractivity contribution >= 4 is 22.4 Å². The number of rotatable bonds is 4. The maximum atomic E-state index is 12.1. The maximum Gasteiger partial charge on any atom is 0.264 e. The summed E-state index contributed by atoms with van der Waals surface area (Å²) in [5.41, 5.74) is 3.38. The summed E-state index contributed by atoms with van der Waals surface area (Å²) in [6.07, 6.45) is 3.27. The van der Waals surface area contributed by atoms with E-state index in [1.165, 1.54) is 11.3 Å². The number of benzene rings is 1. The molecule has 2 aromatic rings. The third kappa shape index (κ3) is 3.72. The van der Waals surface area contributed by atoms with Crippen molar-refractivity contribution in [2.45, 2.75) is 40.0 Å². The summed E-state index contributed by atoms with van der Waals surface area (Å²) < 4.78 is 5.64. The maximum absolute atomic E-state index is 12.1. The number of thiazole rings is 1. The van der Waals surface area contributed by atoms with Gasteiger partial charge < -0.3 is 4.74 Å². The fourth-order valence-corrected chi connectivity index (χ4v) is 3.96. The van der Waals surface area contributed by atoms with E-state index in [0.717, 1.165) is 35.4 Å². The van der Waals surface area contributed by atoms with Crippen LogP contribution in [0.4, 0.5) is 5.13 Å². The summed E-state index contributed by atoms with van der Waals surface area (Å²) in [6, 6.07) is 5.86. The van der Waals surface area contributed by atoms with Crippen molar-refractivity contribution in [3.63, 3.8) is 0 Å². The van der Waals surface area contributed by atoms with Crippen LogP contribution in [0.2, 0.25) is 0 Å². The third-order valence-corrected chi connectivity index (χ3v) is 5.38. The number of aromatic nitrogens is 1. The van der Waals surface area contributed by atoms with Crippen LogP contribution in [-0.2, 0) is 17.6 Å². The van der Waals surface area contributed by atoms with Crippen LogP contribution in [0, 0.1) is 19.8 Å². The van der Waals surface area contributed by atoms with Crippen molar-refractivity contribution in [1.82, 2.24) is 4.98 Å². The van der Waals surface area contributed by atoms with Gasteiger partial charge in [0.25, 0.3) is 5.91 Å². The minimum absolute atomic E-state index is 0.00490. The van der Waals surface area contributed by atoms with Crippen LogP contribution in [-0.4, -0.2) is 17.5 Å². The zero-order chi connectivity index (χ0) is 16.4. The summed E-state index contributed by atoms with van der Waals surface area (Å²) in [6.45, 7) is 6.30. The quantitative estimate of drug-likeness (QED) is 0.925. The number of amides is 1. The van der Waals surface area contributed by atoms with E-state index < -0.39 is 0 Å². The van der Waals surface area contributed by atoms with Gasteiger partial charge in [-0.2, -0.15) is 0 Å². The van der Waals surface area contributed by atoms with Crippen LogP contribution < -0.4 is 10.1 Å². The Balaban J connectivity index is 1.58. The highest BCUT2D eigenvalue weighted by Gasteiger charge is 2.20. The normalized spacial score (nSPS) is 16.7. The summed E-state index contributed by atoms with van der Waals surface area (Å²) in [4.78, 5) is 17.9. The molecule has 1 atom stereocenters. The lowest BCUT2D eigenvalue weighted by Crippen LogP contribution is -2.20. The molecule has 122 valence electrons. The largest absolute Gasteiger partial charge is 0.483 e. The Morgan fingerprint density at radius 1 is 1.43 bits per heavy atom. The number of hydrogen-bond acceptors (Lipinski definition) is 4. The molecular formula is C18H22N2O2S. The molecular weight excluding hydrogens is 308 g/mol. The molecule has 0 unspecified atom stereocenters. The van der Waals surface area contributed by atoms with Crippen LogP contribution in [0.25, 0.3) is 0 Å². The van der Waals surface area contributed by atoms with E-state index in [1.807, 2.05) is 32.0 Å². The Labute approximate surface area is 140 Å². The van der Waals surface area contributed by atoms with Crippen LogP contribution in [0.1, 0.15) is 35.0 Å². The first-order valence-corrected chi connectivity index (χ1v) is 8.82. The average molecular weight is 330 g/mol. The Morgan fingerprint density at radius 3 is 3.09 bits per heavy atom. The number of anilines is 1. The number of fused-ring (bicyclic) bond motifs is 1. The minimum Gasteiger partial charge on any atom is -0.483 e. The molecule has 1 aliphatic carbocycles. The molecule has 3 rings (SSSR count). The van der Waals surface area contributed by atoms with Gasteiger partial charge in [-0.25, -0.2) is 4.98 Å². The van der Waals surface area contributed by atoms with Gasteiger partial charge in [0.05, 0.1) is 5.69 Å². The van der Waals surface area contributed by atoms with E-state index in [2.05, 4.69) is 17.2 Å². The molecule has 4 nitrogen and oxygen atoms in total. The Hall–Kier alpha value is -1.88. The SMILES string of the molecule is Cc1cccc(OCC(=O)Nc2nc3c(s2)C[C@@H](C)CC3)c1C. The Kier molecular flexibility index (Phi) is 4.66. The van der Waals surface area contributed by atoms with E-state index in [9.17, 15) is 4.79 Å². The molecule has 5 heteroatoms. The molecule has 1 amide bonds. The van der Waals surface area contributed by atoms with Crippen LogP contribution in [0.5, 0.6) is 5.75 Å². The van der Waals surface area contributed by atoms with Gasteiger partial charge in [-0.1, -0.05) is 19.1 Å².